The van der Waals surface area contributed by atoms with Gasteiger partial charge < -0.3 is 10.1 Å². The number of benzene rings is 2. The van der Waals surface area contributed by atoms with Crippen molar-refractivity contribution in [2.75, 3.05) is 11.1 Å². The largest absolute Gasteiger partial charge is 0.481 e. The summed E-state index contributed by atoms with van der Waals surface area (Å²) in [6, 6.07) is 8.53. The summed E-state index contributed by atoms with van der Waals surface area (Å²) in [5.74, 6) is 0.934. The lowest BCUT2D eigenvalue weighted by molar-refractivity contribution is -0.113. The van der Waals surface area contributed by atoms with Gasteiger partial charge in [0.1, 0.15) is 5.75 Å². The molecule has 1 N–H and O–H groups in total. The number of carbonyl (C=O) groups is 1. The molecule has 1 aromatic heterocycles. The Morgan fingerprint density at radius 2 is 1.88 bits per heavy atom. The van der Waals surface area contributed by atoms with Crippen LogP contribution in [0.2, 0.25) is 20.1 Å². The molecule has 3 aromatic rings. The normalized spacial score (nSPS) is 11.8. The fourth-order valence-electron chi connectivity index (χ4n) is 2.89. The smallest absolute Gasteiger partial charge is 0.234 e. The van der Waals surface area contributed by atoms with Crippen molar-refractivity contribution in [3.63, 3.8) is 0 Å². The number of anilines is 1. The third kappa shape index (κ3) is 6.58. The monoisotopic (exact) mass is 544 g/mol. The molecule has 6 nitrogen and oxygen atoms in total. The van der Waals surface area contributed by atoms with Gasteiger partial charge in [-0.1, -0.05) is 70.3 Å². The summed E-state index contributed by atoms with van der Waals surface area (Å²) in [6.07, 6.45) is 1.29. The van der Waals surface area contributed by atoms with E-state index in [-0.39, 0.29) is 11.7 Å². The van der Waals surface area contributed by atoms with Crippen molar-refractivity contribution < 1.29 is 9.53 Å². The number of hydrogen-bond donors (Lipinski definition) is 1. The fourth-order valence-corrected chi connectivity index (χ4v) is 4.40. The van der Waals surface area contributed by atoms with Gasteiger partial charge in [0, 0.05) is 6.54 Å². The molecule has 0 aliphatic rings. The Hall–Kier alpha value is -1.90. The Kier molecular flexibility index (Phi) is 8.95. The summed E-state index contributed by atoms with van der Waals surface area (Å²) < 4.78 is 7.87. The summed E-state index contributed by atoms with van der Waals surface area (Å²) in [4.78, 5) is 12.5. The highest BCUT2D eigenvalue weighted by atomic mass is 35.5. The number of aryl methyl sites for hydroxylation is 1. The number of rotatable bonds is 9. The first-order chi connectivity index (χ1) is 15.7. The van der Waals surface area contributed by atoms with Crippen LogP contribution in [-0.4, -0.2) is 26.4 Å². The number of halogens is 4. The molecule has 1 unspecified atom stereocenters. The zero-order valence-corrected chi connectivity index (χ0v) is 21.6. The molecule has 11 heteroatoms. The summed E-state index contributed by atoms with van der Waals surface area (Å²) in [5.41, 5.74) is 1.40. The minimum absolute atomic E-state index is 0.0742. The van der Waals surface area contributed by atoms with E-state index in [1.807, 2.05) is 30.5 Å². The van der Waals surface area contributed by atoms with Crippen LogP contribution < -0.4 is 10.1 Å². The number of hydrogen-bond acceptors (Lipinski definition) is 5. The predicted molar refractivity (Wildman–Crippen MR) is 136 cm³/mol. The number of ether oxygens (including phenoxy) is 1. The molecule has 33 heavy (non-hydrogen) atoms. The number of allylic oxidation sites excluding steroid dienone is 1. The fraction of sp³-hybridized carbons (Fsp3) is 0.227. The molecule has 0 fully saturated rings. The van der Waals surface area contributed by atoms with Gasteiger partial charge in [-0.15, -0.1) is 16.8 Å². The SMILES string of the molecule is C=CCn1c(SCC(=O)Nc2cc(Cl)c(Cl)cc2Cl)nnc1C(C)Oc1cc(C)ccc1Cl. The van der Waals surface area contributed by atoms with Gasteiger partial charge in [-0.05, 0) is 43.7 Å². The molecule has 0 radical (unpaired) electrons. The van der Waals surface area contributed by atoms with E-state index >= 15 is 0 Å². The van der Waals surface area contributed by atoms with Gasteiger partial charge in [-0.2, -0.15) is 0 Å². The second-order valence-corrected chi connectivity index (χ2v) is 9.59. The van der Waals surface area contributed by atoms with Crippen molar-refractivity contribution in [3.8, 4) is 5.75 Å². The second-order valence-electron chi connectivity index (χ2n) is 7.02. The third-order valence-corrected chi connectivity index (χ3v) is 6.74. The third-order valence-electron chi connectivity index (χ3n) is 4.43. The van der Waals surface area contributed by atoms with Crippen LogP contribution in [-0.2, 0) is 11.3 Å². The van der Waals surface area contributed by atoms with E-state index in [4.69, 9.17) is 51.1 Å². The average molecular weight is 546 g/mol. The molecule has 0 saturated heterocycles. The van der Waals surface area contributed by atoms with Gasteiger partial charge in [0.25, 0.3) is 0 Å². The molecule has 3 rings (SSSR count). The van der Waals surface area contributed by atoms with Gasteiger partial charge in [-0.3, -0.25) is 9.36 Å². The minimum atomic E-state index is -0.435. The number of nitrogens with one attached hydrogen (secondary N) is 1. The van der Waals surface area contributed by atoms with Crippen molar-refractivity contribution in [2.45, 2.75) is 31.7 Å². The molecule has 1 heterocycles. The van der Waals surface area contributed by atoms with E-state index in [1.165, 1.54) is 23.9 Å². The first-order valence-electron chi connectivity index (χ1n) is 9.73. The van der Waals surface area contributed by atoms with E-state index in [2.05, 4.69) is 22.1 Å². The van der Waals surface area contributed by atoms with Crippen LogP contribution >= 0.6 is 58.2 Å². The first-order valence-corrected chi connectivity index (χ1v) is 12.2. The van der Waals surface area contributed by atoms with Crippen molar-refractivity contribution in [3.05, 3.63) is 74.5 Å². The summed E-state index contributed by atoms with van der Waals surface area (Å²) in [5, 5.41) is 13.2. The summed E-state index contributed by atoms with van der Waals surface area (Å²) in [6.45, 7) is 8.06. The number of nitrogens with zero attached hydrogens (tertiary/aromatic N) is 3. The minimum Gasteiger partial charge on any atom is -0.481 e. The highest BCUT2D eigenvalue weighted by Gasteiger charge is 2.21. The molecule has 0 saturated carbocycles. The van der Waals surface area contributed by atoms with Crippen LogP contribution in [0.15, 0.2) is 48.1 Å². The number of aromatic nitrogens is 3. The van der Waals surface area contributed by atoms with Gasteiger partial charge in [-0.25, -0.2) is 0 Å². The van der Waals surface area contributed by atoms with Crippen LogP contribution in [0.5, 0.6) is 5.75 Å². The lowest BCUT2D eigenvalue weighted by Crippen LogP contribution is -2.16. The standard InChI is InChI=1S/C22H20Cl4N4O2S/c1-4-7-30-21(13(3)32-19-8-12(2)5-6-14(19)23)28-29-22(30)33-11-20(31)27-18-10-16(25)15(24)9-17(18)26/h4-6,8-10,13H,1,7,11H2,2-3H3,(H,27,31). The van der Waals surface area contributed by atoms with Crippen molar-refractivity contribution >= 4 is 69.8 Å². The number of carbonyl (C=O) groups excluding carboxylic acids is 1. The van der Waals surface area contributed by atoms with E-state index < -0.39 is 6.10 Å². The van der Waals surface area contributed by atoms with Gasteiger partial charge >= 0.3 is 0 Å². The molecule has 0 bridgehead atoms. The van der Waals surface area contributed by atoms with E-state index in [9.17, 15) is 4.79 Å². The Bertz CT molecular complexity index is 1190. The molecule has 2 aromatic carbocycles. The molecule has 0 aliphatic heterocycles. The van der Waals surface area contributed by atoms with Crippen LogP contribution in [0.25, 0.3) is 0 Å². The van der Waals surface area contributed by atoms with Gasteiger partial charge in [0.15, 0.2) is 17.1 Å². The Labute approximate surface area is 216 Å². The number of amides is 1. The topological polar surface area (TPSA) is 69.0 Å². The number of thioether (sulfide) groups is 1. The first kappa shape index (κ1) is 25.7. The van der Waals surface area contributed by atoms with Crippen LogP contribution in [0.3, 0.4) is 0 Å². The van der Waals surface area contributed by atoms with Crippen molar-refractivity contribution in [2.24, 2.45) is 0 Å². The van der Waals surface area contributed by atoms with Crippen LogP contribution in [0.4, 0.5) is 5.69 Å². The van der Waals surface area contributed by atoms with Crippen molar-refractivity contribution in [1.29, 1.82) is 0 Å². The Morgan fingerprint density at radius 3 is 2.61 bits per heavy atom. The maximum Gasteiger partial charge on any atom is 0.234 e. The maximum atomic E-state index is 12.5. The summed E-state index contributed by atoms with van der Waals surface area (Å²) >= 11 is 25.5. The molecule has 1 amide bonds. The molecule has 174 valence electrons. The zero-order valence-electron chi connectivity index (χ0n) is 17.7. The lowest BCUT2D eigenvalue weighted by atomic mass is 10.2. The Balaban J connectivity index is 1.71. The summed E-state index contributed by atoms with van der Waals surface area (Å²) in [7, 11) is 0. The second kappa shape index (κ2) is 11.5. The highest BCUT2D eigenvalue weighted by Crippen LogP contribution is 2.33. The Morgan fingerprint density at radius 1 is 1.15 bits per heavy atom. The molecule has 0 aliphatic carbocycles. The van der Waals surface area contributed by atoms with Crippen LogP contribution in [0, 0.1) is 6.92 Å². The molecule has 0 spiro atoms. The van der Waals surface area contributed by atoms with Gasteiger partial charge in [0.05, 0.1) is 31.5 Å². The zero-order chi connectivity index (χ0) is 24.1. The molecular weight excluding hydrogens is 526 g/mol. The predicted octanol–water partition coefficient (Wildman–Crippen LogP) is 7.26. The van der Waals surface area contributed by atoms with Gasteiger partial charge in [0.2, 0.25) is 5.91 Å². The van der Waals surface area contributed by atoms with Crippen LogP contribution in [0.1, 0.15) is 24.4 Å². The van der Waals surface area contributed by atoms with Crippen molar-refractivity contribution in [1.82, 2.24) is 14.8 Å². The van der Waals surface area contributed by atoms with E-state index in [1.54, 1.807) is 12.1 Å². The molecular formula is C22H20Cl4N4O2S. The highest BCUT2D eigenvalue weighted by molar-refractivity contribution is 7.99. The molecule has 1 atom stereocenters. The average Bonchev–Trinajstić information content (AvgIpc) is 3.16. The van der Waals surface area contributed by atoms with E-state index in [0.717, 1.165) is 5.56 Å². The lowest BCUT2D eigenvalue weighted by Gasteiger charge is -2.17. The van der Waals surface area contributed by atoms with E-state index in [0.29, 0.717) is 49.1 Å². The quantitative estimate of drug-likeness (QED) is 0.174. The maximum absolute atomic E-state index is 12.5.